The molecule has 0 saturated heterocycles. The van der Waals surface area contributed by atoms with Gasteiger partial charge in [0.05, 0.1) is 0 Å². The molecule has 1 N–H and O–H groups in total. The molecule has 0 aromatic heterocycles. The van der Waals surface area contributed by atoms with Gasteiger partial charge in [0.15, 0.2) is 0 Å². The molecule has 2 amide bonds. The lowest BCUT2D eigenvalue weighted by Gasteiger charge is -2.47. The summed E-state index contributed by atoms with van der Waals surface area (Å²) in [6.07, 6.45) is 4.77. The lowest BCUT2D eigenvalue weighted by atomic mass is 9.81. The predicted molar refractivity (Wildman–Crippen MR) is 105 cm³/mol. The average Bonchev–Trinajstić information content (AvgIpc) is 3.21. The Kier molecular flexibility index (Phi) is 4.73. The summed E-state index contributed by atoms with van der Waals surface area (Å²) in [6.45, 7) is 2.41. The number of rotatable bonds is 4. The van der Waals surface area contributed by atoms with E-state index in [0.717, 1.165) is 42.4 Å². The topological polar surface area (TPSA) is 49.4 Å². The molecule has 1 atom stereocenters. The van der Waals surface area contributed by atoms with E-state index in [1.165, 1.54) is 0 Å². The standard InChI is InChI=1S/C23H26N2O2/c1-23(22(27)24-16-17-9-3-2-4-10-17)15-18-11-5-8-14-20(18)21(26)25(23)19-12-6-7-13-19/h2-5,8-11,14,19H,6-7,12-13,15-16H2,1H3,(H,24,27). The van der Waals surface area contributed by atoms with Crippen molar-refractivity contribution >= 4 is 11.8 Å². The lowest BCUT2D eigenvalue weighted by Crippen LogP contribution is -2.64. The number of hydrogen-bond acceptors (Lipinski definition) is 2. The average molecular weight is 362 g/mol. The molecule has 1 unspecified atom stereocenters. The molecule has 27 heavy (non-hydrogen) atoms. The van der Waals surface area contributed by atoms with Crippen molar-refractivity contribution in [2.75, 3.05) is 0 Å². The number of benzene rings is 2. The van der Waals surface area contributed by atoms with E-state index in [1.54, 1.807) is 0 Å². The number of nitrogens with one attached hydrogen (secondary N) is 1. The van der Waals surface area contributed by atoms with Crippen LogP contribution in [-0.4, -0.2) is 28.3 Å². The van der Waals surface area contributed by atoms with Crippen LogP contribution in [0.5, 0.6) is 0 Å². The summed E-state index contributed by atoms with van der Waals surface area (Å²) in [5, 5.41) is 3.08. The van der Waals surface area contributed by atoms with Crippen LogP contribution in [0.4, 0.5) is 0 Å². The van der Waals surface area contributed by atoms with Crippen LogP contribution in [0.25, 0.3) is 0 Å². The van der Waals surface area contributed by atoms with Crippen LogP contribution in [0.3, 0.4) is 0 Å². The van der Waals surface area contributed by atoms with E-state index in [1.807, 2.05) is 66.4 Å². The highest BCUT2D eigenvalue weighted by atomic mass is 16.2. The Morgan fingerprint density at radius 2 is 1.74 bits per heavy atom. The number of fused-ring (bicyclic) bond motifs is 1. The molecule has 0 radical (unpaired) electrons. The summed E-state index contributed by atoms with van der Waals surface area (Å²) in [7, 11) is 0. The molecule has 1 saturated carbocycles. The van der Waals surface area contributed by atoms with Crippen molar-refractivity contribution in [2.45, 2.75) is 57.2 Å². The van der Waals surface area contributed by atoms with E-state index in [0.29, 0.717) is 13.0 Å². The van der Waals surface area contributed by atoms with Crippen molar-refractivity contribution in [2.24, 2.45) is 0 Å². The van der Waals surface area contributed by atoms with Gasteiger partial charge in [-0.05, 0) is 37.0 Å². The van der Waals surface area contributed by atoms with Gasteiger partial charge in [0.25, 0.3) is 5.91 Å². The zero-order chi connectivity index (χ0) is 18.9. The van der Waals surface area contributed by atoms with E-state index < -0.39 is 5.54 Å². The van der Waals surface area contributed by atoms with Crippen molar-refractivity contribution in [3.8, 4) is 0 Å². The second-order valence-corrected chi connectivity index (χ2v) is 7.89. The lowest BCUT2D eigenvalue weighted by molar-refractivity contribution is -0.133. The predicted octanol–water partition coefficient (Wildman–Crippen LogP) is 3.70. The van der Waals surface area contributed by atoms with E-state index in [9.17, 15) is 9.59 Å². The maximum atomic E-state index is 13.3. The molecular formula is C23H26N2O2. The van der Waals surface area contributed by atoms with E-state index in [-0.39, 0.29) is 17.9 Å². The van der Waals surface area contributed by atoms with Crippen molar-refractivity contribution in [1.29, 1.82) is 0 Å². The molecule has 140 valence electrons. The molecule has 2 aromatic carbocycles. The second kappa shape index (κ2) is 7.18. The van der Waals surface area contributed by atoms with Crippen molar-refractivity contribution in [1.82, 2.24) is 10.2 Å². The first-order valence-electron chi connectivity index (χ1n) is 9.83. The van der Waals surface area contributed by atoms with Crippen LogP contribution >= 0.6 is 0 Å². The fourth-order valence-corrected chi connectivity index (χ4v) is 4.58. The smallest absolute Gasteiger partial charge is 0.255 e. The monoisotopic (exact) mass is 362 g/mol. The van der Waals surface area contributed by atoms with Crippen LogP contribution < -0.4 is 5.32 Å². The minimum atomic E-state index is -0.852. The van der Waals surface area contributed by atoms with Crippen molar-refractivity contribution < 1.29 is 9.59 Å². The van der Waals surface area contributed by atoms with Crippen molar-refractivity contribution in [3.05, 3.63) is 71.3 Å². The van der Waals surface area contributed by atoms with Crippen molar-refractivity contribution in [3.63, 3.8) is 0 Å². The van der Waals surface area contributed by atoms with Gasteiger partial charge in [-0.25, -0.2) is 0 Å². The summed E-state index contributed by atoms with van der Waals surface area (Å²) < 4.78 is 0. The summed E-state index contributed by atoms with van der Waals surface area (Å²) in [6, 6.07) is 17.8. The number of carbonyl (C=O) groups excluding carboxylic acids is 2. The molecular weight excluding hydrogens is 336 g/mol. The number of nitrogens with zero attached hydrogens (tertiary/aromatic N) is 1. The number of carbonyl (C=O) groups is 2. The molecule has 0 bridgehead atoms. The molecule has 2 aromatic rings. The van der Waals surface area contributed by atoms with E-state index in [2.05, 4.69) is 5.32 Å². The Morgan fingerprint density at radius 3 is 2.48 bits per heavy atom. The summed E-state index contributed by atoms with van der Waals surface area (Å²) >= 11 is 0. The van der Waals surface area contributed by atoms with Gasteiger partial charge in [-0.2, -0.15) is 0 Å². The summed E-state index contributed by atoms with van der Waals surface area (Å²) in [5.41, 5.74) is 1.92. The van der Waals surface area contributed by atoms with Crippen LogP contribution in [-0.2, 0) is 17.8 Å². The van der Waals surface area contributed by atoms with Gasteiger partial charge in [-0.15, -0.1) is 0 Å². The molecule has 4 rings (SSSR count). The molecule has 1 heterocycles. The highest BCUT2D eigenvalue weighted by Crippen LogP contribution is 2.37. The Balaban J connectivity index is 1.64. The first kappa shape index (κ1) is 17.8. The zero-order valence-corrected chi connectivity index (χ0v) is 15.8. The highest BCUT2D eigenvalue weighted by Gasteiger charge is 2.49. The molecule has 4 heteroatoms. The van der Waals surface area contributed by atoms with Gasteiger partial charge in [0.1, 0.15) is 5.54 Å². The third kappa shape index (κ3) is 3.25. The number of hydrogen-bond donors (Lipinski definition) is 1. The highest BCUT2D eigenvalue weighted by molar-refractivity contribution is 6.02. The molecule has 0 spiro atoms. The van der Waals surface area contributed by atoms with Crippen LogP contribution in [0.1, 0.15) is 54.1 Å². The third-order valence-corrected chi connectivity index (χ3v) is 6.01. The Bertz CT molecular complexity index is 842. The zero-order valence-electron chi connectivity index (χ0n) is 15.8. The van der Waals surface area contributed by atoms with Crippen LogP contribution in [0.15, 0.2) is 54.6 Å². The number of amides is 2. The quantitative estimate of drug-likeness (QED) is 0.901. The Morgan fingerprint density at radius 1 is 1.07 bits per heavy atom. The first-order chi connectivity index (χ1) is 13.1. The SMILES string of the molecule is CC1(C(=O)NCc2ccccc2)Cc2ccccc2C(=O)N1C1CCCC1. The van der Waals surface area contributed by atoms with Crippen LogP contribution in [0.2, 0.25) is 0 Å². The third-order valence-electron chi connectivity index (χ3n) is 6.01. The molecule has 1 fully saturated rings. The Hall–Kier alpha value is -2.62. The van der Waals surface area contributed by atoms with E-state index in [4.69, 9.17) is 0 Å². The van der Waals surface area contributed by atoms with Gasteiger partial charge in [0.2, 0.25) is 5.91 Å². The summed E-state index contributed by atoms with van der Waals surface area (Å²) in [5.74, 6) is -0.0674. The van der Waals surface area contributed by atoms with Gasteiger partial charge < -0.3 is 10.2 Å². The maximum Gasteiger partial charge on any atom is 0.255 e. The summed E-state index contributed by atoms with van der Waals surface area (Å²) in [4.78, 5) is 28.5. The fraction of sp³-hybridized carbons (Fsp3) is 0.391. The fourth-order valence-electron chi connectivity index (χ4n) is 4.58. The van der Waals surface area contributed by atoms with E-state index >= 15 is 0 Å². The minimum Gasteiger partial charge on any atom is -0.350 e. The molecule has 2 aliphatic rings. The Labute approximate surface area is 160 Å². The largest absolute Gasteiger partial charge is 0.350 e. The molecule has 1 aliphatic carbocycles. The van der Waals surface area contributed by atoms with Gasteiger partial charge in [-0.3, -0.25) is 9.59 Å². The first-order valence-corrected chi connectivity index (χ1v) is 9.83. The minimum absolute atomic E-state index is 0.00103. The normalized spacial score (nSPS) is 22.6. The van der Waals surface area contributed by atoms with Gasteiger partial charge in [0, 0.05) is 24.6 Å². The second-order valence-electron chi connectivity index (χ2n) is 7.89. The van der Waals surface area contributed by atoms with Gasteiger partial charge in [-0.1, -0.05) is 61.4 Å². The maximum absolute atomic E-state index is 13.3. The molecule has 1 aliphatic heterocycles. The van der Waals surface area contributed by atoms with Crippen LogP contribution in [0, 0.1) is 0 Å². The molecule has 4 nitrogen and oxygen atoms in total. The van der Waals surface area contributed by atoms with Gasteiger partial charge >= 0.3 is 0 Å².